The lowest BCUT2D eigenvalue weighted by Crippen LogP contribution is -2.37. The second-order valence-electron chi connectivity index (χ2n) is 6.74. The van der Waals surface area contributed by atoms with Crippen LogP contribution in [-0.2, 0) is 11.4 Å². The molecule has 0 fully saturated rings. The zero-order chi connectivity index (χ0) is 20.2. The molecule has 0 radical (unpaired) electrons. The van der Waals surface area contributed by atoms with E-state index in [0.29, 0.717) is 29.3 Å². The van der Waals surface area contributed by atoms with Gasteiger partial charge in [-0.1, -0.05) is 47.1 Å². The number of carbonyl (C=O) groups is 1. The van der Waals surface area contributed by atoms with Crippen molar-refractivity contribution < 1.29 is 18.4 Å². The number of amides is 1. The molecule has 1 aliphatic rings. The predicted octanol–water partition coefficient (Wildman–Crippen LogP) is 4.91. The molecule has 1 atom stereocenters. The van der Waals surface area contributed by atoms with Crippen molar-refractivity contribution in [3.8, 4) is 0 Å². The molecular formula is C22H18ClFN2O3. The van der Waals surface area contributed by atoms with Gasteiger partial charge in [-0.2, -0.15) is 0 Å². The lowest BCUT2D eigenvalue weighted by molar-refractivity contribution is 0.0387. The molecule has 1 amide bonds. The highest BCUT2D eigenvalue weighted by molar-refractivity contribution is 6.30. The highest BCUT2D eigenvalue weighted by Crippen LogP contribution is 2.22. The molecule has 2 heterocycles. The van der Waals surface area contributed by atoms with Crippen molar-refractivity contribution in [3.05, 3.63) is 94.7 Å². The van der Waals surface area contributed by atoms with Gasteiger partial charge in [0.15, 0.2) is 11.9 Å². The van der Waals surface area contributed by atoms with Crippen molar-refractivity contribution in [1.29, 1.82) is 0 Å². The van der Waals surface area contributed by atoms with Gasteiger partial charge in [0, 0.05) is 23.6 Å². The summed E-state index contributed by atoms with van der Waals surface area (Å²) in [5.74, 6) is -0.379. The molecule has 0 spiro atoms. The topological polar surface area (TPSA) is 55.0 Å². The van der Waals surface area contributed by atoms with E-state index in [1.807, 2.05) is 12.1 Å². The fourth-order valence-corrected chi connectivity index (χ4v) is 3.47. The van der Waals surface area contributed by atoms with Crippen LogP contribution >= 0.6 is 11.6 Å². The summed E-state index contributed by atoms with van der Waals surface area (Å²) in [7, 11) is 0. The number of oxime groups is 1. The summed E-state index contributed by atoms with van der Waals surface area (Å²) in [5, 5.41) is 4.63. The summed E-state index contributed by atoms with van der Waals surface area (Å²) < 4.78 is 19.3. The summed E-state index contributed by atoms with van der Waals surface area (Å²) >= 11 is 6.08. The van der Waals surface area contributed by atoms with Crippen molar-refractivity contribution in [2.75, 3.05) is 6.54 Å². The Morgan fingerprint density at radius 3 is 2.79 bits per heavy atom. The second-order valence-corrected chi connectivity index (χ2v) is 7.18. The van der Waals surface area contributed by atoms with Crippen LogP contribution in [0, 0.1) is 5.82 Å². The number of rotatable bonds is 6. The number of nitrogens with zero attached hydrogens (tertiary/aromatic N) is 2. The molecule has 3 aromatic rings. The van der Waals surface area contributed by atoms with E-state index in [1.54, 1.807) is 47.4 Å². The van der Waals surface area contributed by atoms with E-state index in [1.165, 1.54) is 12.3 Å². The zero-order valence-corrected chi connectivity index (χ0v) is 16.2. The summed E-state index contributed by atoms with van der Waals surface area (Å²) in [5.41, 5.74) is 1.82. The first-order valence-electron chi connectivity index (χ1n) is 9.15. The first-order chi connectivity index (χ1) is 14.1. The van der Waals surface area contributed by atoms with Gasteiger partial charge in [0.2, 0.25) is 0 Å². The fourth-order valence-electron chi connectivity index (χ4n) is 3.26. The molecule has 5 nitrogen and oxygen atoms in total. The zero-order valence-electron chi connectivity index (χ0n) is 15.4. The highest BCUT2D eigenvalue weighted by Gasteiger charge is 2.29. The van der Waals surface area contributed by atoms with Crippen LogP contribution in [0.15, 0.2) is 76.5 Å². The Morgan fingerprint density at radius 1 is 1.17 bits per heavy atom. The number of furan rings is 1. The maximum atomic E-state index is 14.0. The van der Waals surface area contributed by atoms with E-state index in [0.717, 1.165) is 5.56 Å². The SMILES string of the molecule is O=C(c1ccco1)N(Cc1cccc(Cl)c1)C[C@H]1CC(c2ccccc2F)=NO1. The largest absolute Gasteiger partial charge is 0.459 e. The van der Waals surface area contributed by atoms with Crippen LogP contribution in [0.2, 0.25) is 5.02 Å². The van der Waals surface area contributed by atoms with Crippen LogP contribution in [0.5, 0.6) is 0 Å². The summed E-state index contributed by atoms with van der Waals surface area (Å²) in [6.07, 6.45) is 1.47. The Hall–Kier alpha value is -3.12. The lowest BCUT2D eigenvalue weighted by Gasteiger charge is -2.24. The van der Waals surface area contributed by atoms with Crippen molar-refractivity contribution in [2.24, 2.45) is 5.16 Å². The molecule has 0 saturated heterocycles. The van der Waals surface area contributed by atoms with Gasteiger partial charge in [-0.25, -0.2) is 4.39 Å². The smallest absolute Gasteiger partial charge is 0.289 e. The number of benzene rings is 2. The van der Waals surface area contributed by atoms with Gasteiger partial charge in [-0.3, -0.25) is 4.79 Å². The molecule has 0 unspecified atom stereocenters. The second kappa shape index (κ2) is 8.49. The monoisotopic (exact) mass is 412 g/mol. The van der Waals surface area contributed by atoms with Gasteiger partial charge in [0.1, 0.15) is 5.82 Å². The van der Waals surface area contributed by atoms with E-state index in [9.17, 15) is 9.18 Å². The molecule has 148 valence electrons. The van der Waals surface area contributed by atoms with E-state index < -0.39 is 0 Å². The van der Waals surface area contributed by atoms with Gasteiger partial charge in [-0.15, -0.1) is 0 Å². The predicted molar refractivity (Wildman–Crippen MR) is 107 cm³/mol. The van der Waals surface area contributed by atoms with Crippen LogP contribution in [0.25, 0.3) is 0 Å². The fraction of sp³-hybridized carbons (Fsp3) is 0.182. The third kappa shape index (κ3) is 4.49. The average Bonchev–Trinajstić information content (AvgIpc) is 3.40. The van der Waals surface area contributed by atoms with Crippen LogP contribution in [0.4, 0.5) is 4.39 Å². The molecule has 0 aliphatic carbocycles. The molecule has 0 saturated carbocycles. The number of halogens is 2. The highest BCUT2D eigenvalue weighted by atomic mass is 35.5. The van der Waals surface area contributed by atoms with Crippen LogP contribution in [-0.4, -0.2) is 29.2 Å². The van der Waals surface area contributed by atoms with Gasteiger partial charge in [0.25, 0.3) is 5.91 Å². The summed E-state index contributed by atoms with van der Waals surface area (Å²) in [6, 6.07) is 17.0. The minimum Gasteiger partial charge on any atom is -0.459 e. The van der Waals surface area contributed by atoms with Crippen molar-refractivity contribution in [2.45, 2.75) is 19.1 Å². The number of carbonyl (C=O) groups excluding carboxylic acids is 1. The normalized spacial score (nSPS) is 15.7. The molecule has 0 bridgehead atoms. The maximum absolute atomic E-state index is 14.0. The number of hydrogen-bond donors (Lipinski definition) is 0. The Kier molecular flexibility index (Phi) is 5.62. The Labute approximate surface area is 172 Å². The van der Waals surface area contributed by atoms with E-state index in [2.05, 4.69) is 5.16 Å². The van der Waals surface area contributed by atoms with Gasteiger partial charge in [0.05, 0.1) is 18.5 Å². The molecule has 2 aromatic carbocycles. The van der Waals surface area contributed by atoms with E-state index in [4.69, 9.17) is 20.9 Å². The Morgan fingerprint density at radius 2 is 2.03 bits per heavy atom. The molecule has 29 heavy (non-hydrogen) atoms. The standard InChI is InChI=1S/C22H18ClFN2O3/c23-16-6-3-5-15(11-16)13-26(22(27)21-9-4-10-28-21)14-17-12-20(25-29-17)18-7-1-2-8-19(18)24/h1-11,17H,12-14H2/t17-/m1/s1. The minimum absolute atomic E-state index is 0.236. The van der Waals surface area contributed by atoms with Gasteiger partial charge < -0.3 is 14.2 Å². The molecule has 7 heteroatoms. The molecule has 0 N–H and O–H groups in total. The van der Waals surface area contributed by atoms with Crippen molar-refractivity contribution in [1.82, 2.24) is 4.90 Å². The maximum Gasteiger partial charge on any atom is 0.289 e. The van der Waals surface area contributed by atoms with Crippen molar-refractivity contribution >= 4 is 23.2 Å². The van der Waals surface area contributed by atoms with Crippen LogP contribution < -0.4 is 0 Å². The number of hydrogen-bond acceptors (Lipinski definition) is 4. The average molecular weight is 413 g/mol. The third-order valence-electron chi connectivity index (χ3n) is 4.62. The van der Waals surface area contributed by atoms with Gasteiger partial charge in [-0.05, 0) is 35.9 Å². The Balaban J connectivity index is 1.50. The molecule has 4 rings (SSSR count). The summed E-state index contributed by atoms with van der Waals surface area (Å²) in [4.78, 5) is 20.1. The first kappa shape index (κ1) is 19.2. The summed E-state index contributed by atoms with van der Waals surface area (Å²) in [6.45, 7) is 0.600. The van der Waals surface area contributed by atoms with Gasteiger partial charge >= 0.3 is 0 Å². The van der Waals surface area contributed by atoms with E-state index in [-0.39, 0.29) is 30.1 Å². The van der Waals surface area contributed by atoms with Crippen molar-refractivity contribution in [3.63, 3.8) is 0 Å². The van der Waals surface area contributed by atoms with Crippen LogP contribution in [0.3, 0.4) is 0 Å². The third-order valence-corrected chi connectivity index (χ3v) is 4.86. The molecule has 1 aromatic heterocycles. The van der Waals surface area contributed by atoms with Crippen LogP contribution in [0.1, 0.15) is 28.1 Å². The molecular weight excluding hydrogens is 395 g/mol. The first-order valence-corrected chi connectivity index (χ1v) is 9.53. The quantitative estimate of drug-likeness (QED) is 0.578. The van der Waals surface area contributed by atoms with E-state index >= 15 is 0 Å². The minimum atomic E-state index is -0.386. The Bertz CT molecular complexity index is 1040. The lowest BCUT2D eigenvalue weighted by atomic mass is 10.0. The molecule has 1 aliphatic heterocycles.